The average Bonchev–Trinajstić information content (AvgIpc) is 2.26. The van der Waals surface area contributed by atoms with Gasteiger partial charge in [0.1, 0.15) is 11.8 Å². The molecule has 0 unspecified atom stereocenters. The maximum atomic E-state index is 12.0. The number of hydrogen-bond donors (Lipinski definition) is 0. The first-order chi connectivity index (χ1) is 9.15. The highest BCUT2D eigenvalue weighted by molar-refractivity contribution is 6.23. The lowest BCUT2D eigenvalue weighted by atomic mass is 10.1. The van der Waals surface area contributed by atoms with Crippen LogP contribution in [0, 0.1) is 5.92 Å². The van der Waals surface area contributed by atoms with Gasteiger partial charge < -0.3 is 9.47 Å². The van der Waals surface area contributed by atoms with Gasteiger partial charge >= 0.3 is 12.1 Å². The van der Waals surface area contributed by atoms with E-state index in [1.54, 1.807) is 27.7 Å². The van der Waals surface area contributed by atoms with Gasteiger partial charge in [-0.25, -0.2) is 9.59 Å². The van der Waals surface area contributed by atoms with Crippen LogP contribution in [-0.2, 0) is 14.3 Å². The summed E-state index contributed by atoms with van der Waals surface area (Å²) in [6.45, 7) is 11.8. The minimum Gasteiger partial charge on any atom is -0.462 e. The first kappa shape index (κ1) is 18.4. The minimum atomic E-state index is -0.605. The number of hydrazone groups is 1. The van der Waals surface area contributed by atoms with Crippen LogP contribution in [0.15, 0.2) is 5.10 Å². The van der Waals surface area contributed by atoms with Crippen molar-refractivity contribution in [3.63, 3.8) is 0 Å². The van der Waals surface area contributed by atoms with Gasteiger partial charge in [0.25, 0.3) is 0 Å². The molecule has 116 valence electrons. The summed E-state index contributed by atoms with van der Waals surface area (Å²) < 4.78 is 9.98. The fourth-order valence-corrected chi connectivity index (χ4v) is 1.19. The molecule has 1 amide bonds. The van der Waals surface area contributed by atoms with E-state index in [0.717, 1.165) is 17.6 Å². The third kappa shape index (κ3) is 9.35. The van der Waals surface area contributed by atoms with Crippen LogP contribution in [0.3, 0.4) is 0 Å². The summed E-state index contributed by atoms with van der Waals surface area (Å²) in [6.07, 6.45) is 1.19. The van der Waals surface area contributed by atoms with E-state index in [2.05, 4.69) is 5.10 Å². The molecule has 0 heterocycles. The minimum absolute atomic E-state index is 0.267. The predicted octanol–water partition coefficient (Wildman–Crippen LogP) is 2.82. The maximum absolute atomic E-state index is 12.0. The third-order valence-electron chi connectivity index (χ3n) is 2.11. The Bertz CT molecular complexity index is 346. The Morgan fingerprint density at radius 1 is 1.30 bits per heavy atom. The van der Waals surface area contributed by atoms with Crippen LogP contribution in [0.25, 0.3) is 0 Å². The third-order valence-corrected chi connectivity index (χ3v) is 2.11. The molecule has 0 aromatic carbocycles. The quantitative estimate of drug-likeness (QED) is 0.428. The zero-order chi connectivity index (χ0) is 15.8. The van der Waals surface area contributed by atoms with E-state index in [9.17, 15) is 9.59 Å². The monoisotopic (exact) mass is 286 g/mol. The van der Waals surface area contributed by atoms with Crippen LogP contribution in [0.4, 0.5) is 4.79 Å². The highest BCUT2D eigenvalue weighted by atomic mass is 16.6. The molecule has 20 heavy (non-hydrogen) atoms. The van der Waals surface area contributed by atoms with Crippen molar-refractivity contribution in [2.24, 2.45) is 11.0 Å². The van der Waals surface area contributed by atoms with Crippen LogP contribution in [0.2, 0.25) is 0 Å². The van der Waals surface area contributed by atoms with Crippen molar-refractivity contribution in [1.29, 1.82) is 0 Å². The molecule has 0 fully saturated rings. The first-order valence-corrected chi connectivity index (χ1v) is 6.87. The zero-order valence-corrected chi connectivity index (χ0v) is 13.3. The number of carbonyl (C=O) groups excluding carboxylic acids is 2. The summed E-state index contributed by atoms with van der Waals surface area (Å²) in [6, 6.07) is 0. The maximum Gasteiger partial charge on any atom is 0.430 e. The predicted molar refractivity (Wildman–Crippen MR) is 77.5 cm³/mol. The molecule has 0 radical (unpaired) electrons. The molecule has 0 aliphatic heterocycles. The van der Waals surface area contributed by atoms with E-state index in [1.165, 1.54) is 0 Å². The van der Waals surface area contributed by atoms with Gasteiger partial charge in [0.2, 0.25) is 0 Å². The average molecular weight is 286 g/mol. The summed E-state index contributed by atoms with van der Waals surface area (Å²) >= 11 is 0. The topological polar surface area (TPSA) is 68.2 Å². The molecule has 0 bridgehead atoms. The largest absolute Gasteiger partial charge is 0.462 e. The standard InChI is InChI=1S/C14H26N2O4/c1-7-19-12(17)10-15-16(9-8-11(2)3)13(18)20-14(4,5)6/h10-11H,7-9H2,1-6H3/b15-10+. The number of rotatable bonds is 6. The van der Waals surface area contributed by atoms with Crippen molar-refractivity contribution in [3.8, 4) is 0 Å². The smallest absolute Gasteiger partial charge is 0.430 e. The van der Waals surface area contributed by atoms with Crippen molar-refractivity contribution in [2.45, 2.75) is 53.6 Å². The normalized spacial score (nSPS) is 11.8. The van der Waals surface area contributed by atoms with Crippen LogP contribution >= 0.6 is 0 Å². The number of esters is 1. The Hall–Kier alpha value is -1.59. The summed E-state index contributed by atoms with van der Waals surface area (Å²) in [7, 11) is 0. The van der Waals surface area contributed by atoms with E-state index in [4.69, 9.17) is 9.47 Å². The molecule has 0 aromatic rings. The molecule has 0 saturated heterocycles. The van der Waals surface area contributed by atoms with Gasteiger partial charge in [-0.15, -0.1) is 0 Å². The lowest BCUT2D eigenvalue weighted by Crippen LogP contribution is -2.35. The Labute approximate surface area is 121 Å². The highest BCUT2D eigenvalue weighted by Crippen LogP contribution is 2.11. The van der Waals surface area contributed by atoms with Crippen molar-refractivity contribution < 1.29 is 19.1 Å². The molecule has 0 rings (SSSR count). The van der Waals surface area contributed by atoms with Gasteiger partial charge in [-0.05, 0) is 40.0 Å². The van der Waals surface area contributed by atoms with Gasteiger partial charge in [-0.1, -0.05) is 13.8 Å². The highest BCUT2D eigenvalue weighted by Gasteiger charge is 2.22. The molecule has 0 spiro atoms. The summed E-state index contributed by atoms with van der Waals surface area (Å²) in [4.78, 5) is 23.2. The van der Waals surface area contributed by atoms with Crippen molar-refractivity contribution >= 4 is 18.3 Å². The SMILES string of the molecule is CCOC(=O)/C=N/N(CCC(C)C)C(=O)OC(C)(C)C. The first-order valence-electron chi connectivity index (χ1n) is 6.87. The molecule has 0 aliphatic carbocycles. The fourth-order valence-electron chi connectivity index (χ4n) is 1.19. The second-order valence-corrected chi connectivity index (χ2v) is 5.78. The number of amides is 1. The molecule has 0 atom stereocenters. The van der Waals surface area contributed by atoms with Crippen LogP contribution in [-0.4, -0.2) is 42.0 Å². The van der Waals surface area contributed by atoms with E-state index in [-0.39, 0.29) is 6.61 Å². The Morgan fingerprint density at radius 3 is 2.35 bits per heavy atom. The molecule has 0 aliphatic rings. The number of hydrogen-bond acceptors (Lipinski definition) is 5. The van der Waals surface area contributed by atoms with Gasteiger partial charge in [0.05, 0.1) is 6.61 Å². The van der Waals surface area contributed by atoms with Gasteiger partial charge in [0.15, 0.2) is 0 Å². The molecule has 0 saturated carbocycles. The number of carbonyl (C=O) groups is 2. The van der Waals surface area contributed by atoms with E-state index >= 15 is 0 Å². The van der Waals surface area contributed by atoms with Gasteiger partial charge in [-0.3, -0.25) is 0 Å². The lowest BCUT2D eigenvalue weighted by Gasteiger charge is -2.24. The fraction of sp³-hybridized carbons (Fsp3) is 0.786. The molecular formula is C14H26N2O4. The Kier molecular flexibility index (Phi) is 7.87. The Morgan fingerprint density at radius 2 is 1.90 bits per heavy atom. The Balaban J connectivity index is 4.71. The van der Waals surface area contributed by atoms with Gasteiger partial charge in [0, 0.05) is 6.54 Å². The van der Waals surface area contributed by atoms with Gasteiger partial charge in [-0.2, -0.15) is 10.1 Å². The zero-order valence-electron chi connectivity index (χ0n) is 13.3. The molecule has 6 nitrogen and oxygen atoms in total. The summed E-state index contributed by atoms with van der Waals surface area (Å²) in [5.74, 6) is -0.164. The lowest BCUT2D eigenvalue weighted by molar-refractivity contribution is -0.134. The number of ether oxygens (including phenoxy) is 2. The summed E-state index contributed by atoms with van der Waals surface area (Å²) in [5.41, 5.74) is -0.605. The summed E-state index contributed by atoms with van der Waals surface area (Å²) in [5, 5.41) is 5.01. The second-order valence-electron chi connectivity index (χ2n) is 5.78. The number of nitrogens with zero attached hydrogens (tertiary/aromatic N) is 2. The molecule has 6 heteroatoms. The second kappa shape index (κ2) is 8.55. The van der Waals surface area contributed by atoms with E-state index < -0.39 is 17.7 Å². The van der Waals surface area contributed by atoms with Crippen molar-refractivity contribution in [1.82, 2.24) is 5.01 Å². The van der Waals surface area contributed by atoms with Crippen LogP contribution in [0.5, 0.6) is 0 Å². The van der Waals surface area contributed by atoms with Crippen molar-refractivity contribution in [2.75, 3.05) is 13.2 Å². The van der Waals surface area contributed by atoms with Crippen molar-refractivity contribution in [3.05, 3.63) is 0 Å². The molecule has 0 N–H and O–H groups in total. The van der Waals surface area contributed by atoms with E-state index in [0.29, 0.717) is 12.5 Å². The van der Waals surface area contributed by atoms with Crippen LogP contribution in [0.1, 0.15) is 48.0 Å². The molecule has 0 aromatic heterocycles. The van der Waals surface area contributed by atoms with E-state index in [1.807, 2.05) is 13.8 Å². The van der Waals surface area contributed by atoms with Crippen LogP contribution < -0.4 is 0 Å². The molecular weight excluding hydrogens is 260 g/mol.